The Kier molecular flexibility index (Phi) is 3.98. The van der Waals surface area contributed by atoms with Crippen LogP contribution in [0.25, 0.3) is 0 Å². The third-order valence-electron chi connectivity index (χ3n) is 3.55. The number of nitrogens with zero attached hydrogens (tertiary/aromatic N) is 1. The number of carbonyl (C=O) groups is 1. The molecule has 1 aliphatic heterocycles. The largest absolute Gasteiger partial charge is 0.489 e. The third kappa shape index (κ3) is 2.83. The van der Waals surface area contributed by atoms with Crippen molar-refractivity contribution in [3.8, 4) is 5.75 Å². The van der Waals surface area contributed by atoms with Gasteiger partial charge in [0.05, 0.1) is 17.8 Å². The van der Waals surface area contributed by atoms with Crippen LogP contribution in [0.15, 0.2) is 12.1 Å². The Morgan fingerprint density at radius 1 is 1.47 bits per heavy atom. The summed E-state index contributed by atoms with van der Waals surface area (Å²) in [6.45, 7) is 3.95. The fourth-order valence-corrected chi connectivity index (χ4v) is 2.55. The number of carbonyl (C=O) groups excluding carboxylic acids is 1. The summed E-state index contributed by atoms with van der Waals surface area (Å²) in [7, 11) is 1.96. The Morgan fingerprint density at radius 3 is 2.84 bits per heavy atom. The van der Waals surface area contributed by atoms with Crippen LogP contribution in [0.2, 0.25) is 0 Å². The maximum absolute atomic E-state index is 11.2. The van der Waals surface area contributed by atoms with Gasteiger partial charge in [-0.2, -0.15) is 0 Å². The summed E-state index contributed by atoms with van der Waals surface area (Å²) in [5, 5.41) is 0. The van der Waals surface area contributed by atoms with Crippen molar-refractivity contribution in [1.29, 1.82) is 0 Å². The number of hydrogen-bond acceptors (Lipinski definition) is 4. The van der Waals surface area contributed by atoms with Crippen molar-refractivity contribution in [2.45, 2.75) is 45.3 Å². The molecule has 0 fully saturated rings. The first kappa shape index (κ1) is 13.7. The molecule has 1 unspecified atom stereocenters. The zero-order chi connectivity index (χ0) is 14.0. The Morgan fingerprint density at radius 2 is 2.21 bits per heavy atom. The van der Waals surface area contributed by atoms with Gasteiger partial charge in [0.1, 0.15) is 12.0 Å². The lowest BCUT2D eigenvalue weighted by Gasteiger charge is -2.26. The summed E-state index contributed by atoms with van der Waals surface area (Å²) in [4.78, 5) is 13.2. The van der Waals surface area contributed by atoms with E-state index >= 15 is 0 Å². The van der Waals surface area contributed by atoms with E-state index in [2.05, 4.69) is 0 Å². The molecule has 0 aromatic heterocycles. The molecule has 0 saturated heterocycles. The van der Waals surface area contributed by atoms with E-state index in [1.54, 1.807) is 0 Å². The van der Waals surface area contributed by atoms with Crippen LogP contribution in [-0.2, 0) is 11.2 Å². The van der Waals surface area contributed by atoms with Gasteiger partial charge in [0.15, 0.2) is 0 Å². The lowest BCUT2D eigenvalue weighted by Crippen LogP contribution is -2.32. The average molecular weight is 262 g/mol. The molecule has 0 spiro atoms. The van der Waals surface area contributed by atoms with Crippen LogP contribution >= 0.6 is 0 Å². The molecular formula is C15H22N2O2. The molecule has 4 nitrogen and oxygen atoms in total. The zero-order valence-corrected chi connectivity index (χ0v) is 11.8. The second kappa shape index (κ2) is 5.51. The normalized spacial score (nSPS) is 18.9. The predicted octanol–water partition coefficient (Wildman–Crippen LogP) is 2.40. The Hall–Kier alpha value is -1.71. The molecule has 2 N–H and O–H groups in total. The van der Waals surface area contributed by atoms with Crippen molar-refractivity contribution in [3.05, 3.63) is 17.7 Å². The van der Waals surface area contributed by atoms with Gasteiger partial charge in [-0.05, 0) is 44.7 Å². The molecule has 0 radical (unpaired) electrons. The monoisotopic (exact) mass is 262 g/mol. The topological polar surface area (TPSA) is 55.6 Å². The zero-order valence-electron chi connectivity index (χ0n) is 11.8. The van der Waals surface area contributed by atoms with E-state index in [0.29, 0.717) is 11.4 Å². The highest BCUT2D eigenvalue weighted by molar-refractivity contribution is 5.72. The summed E-state index contributed by atoms with van der Waals surface area (Å²) in [5.74, 6) is 0.701. The van der Waals surface area contributed by atoms with Gasteiger partial charge in [-0.1, -0.05) is 0 Å². The summed E-state index contributed by atoms with van der Waals surface area (Å²) in [6, 6.07) is 3.89. The first-order chi connectivity index (χ1) is 9.02. The van der Waals surface area contributed by atoms with Crippen molar-refractivity contribution < 1.29 is 9.53 Å². The highest BCUT2D eigenvalue weighted by Crippen LogP contribution is 2.35. The van der Waals surface area contributed by atoms with E-state index in [0.717, 1.165) is 31.2 Å². The van der Waals surface area contributed by atoms with Gasteiger partial charge in [-0.15, -0.1) is 0 Å². The van der Waals surface area contributed by atoms with Crippen LogP contribution < -0.4 is 15.4 Å². The molecule has 0 saturated carbocycles. The minimum absolute atomic E-state index is 0.0585. The fourth-order valence-electron chi connectivity index (χ4n) is 2.55. The van der Waals surface area contributed by atoms with Crippen LogP contribution in [0.3, 0.4) is 0 Å². The van der Waals surface area contributed by atoms with Gasteiger partial charge >= 0.3 is 0 Å². The van der Waals surface area contributed by atoms with Crippen LogP contribution in [0, 0.1) is 0 Å². The van der Waals surface area contributed by atoms with Crippen LogP contribution in [0.1, 0.15) is 32.3 Å². The second-order valence-corrected chi connectivity index (χ2v) is 5.39. The maximum Gasteiger partial charge on any atom is 0.144 e. The smallest absolute Gasteiger partial charge is 0.144 e. The molecule has 1 atom stereocenters. The maximum atomic E-state index is 11.2. The van der Waals surface area contributed by atoms with Gasteiger partial charge in [0.25, 0.3) is 0 Å². The quantitative estimate of drug-likeness (QED) is 0.671. The summed E-state index contributed by atoms with van der Waals surface area (Å²) >= 11 is 0. The SMILES string of the molecule is CC(C)Oc1cc2c(cc1N)CCCC(C=O)N2C. The van der Waals surface area contributed by atoms with E-state index in [4.69, 9.17) is 10.5 Å². The third-order valence-corrected chi connectivity index (χ3v) is 3.55. The van der Waals surface area contributed by atoms with E-state index in [1.807, 2.05) is 37.9 Å². The standard InChI is InChI=1S/C15H22N2O2/c1-10(2)19-15-8-14-11(7-13(15)16)5-4-6-12(9-18)17(14)3/h7-10,12H,4-6,16H2,1-3H3. The van der Waals surface area contributed by atoms with Gasteiger partial charge in [-0.25, -0.2) is 0 Å². The molecule has 19 heavy (non-hydrogen) atoms. The Labute approximate surface area is 114 Å². The van der Waals surface area contributed by atoms with E-state index in [1.165, 1.54) is 5.56 Å². The number of nitrogens with two attached hydrogens (primary N) is 1. The van der Waals surface area contributed by atoms with E-state index in [-0.39, 0.29) is 12.1 Å². The number of aldehydes is 1. The summed E-state index contributed by atoms with van der Waals surface area (Å²) < 4.78 is 5.73. The number of aryl methyl sites for hydroxylation is 1. The molecule has 1 aliphatic rings. The van der Waals surface area contributed by atoms with Crippen LogP contribution in [-0.4, -0.2) is 25.5 Å². The lowest BCUT2D eigenvalue weighted by molar-refractivity contribution is -0.109. The molecule has 1 aromatic rings. The lowest BCUT2D eigenvalue weighted by atomic mass is 10.1. The number of hydrogen-bond donors (Lipinski definition) is 1. The molecule has 0 amide bonds. The van der Waals surface area contributed by atoms with Gasteiger partial charge < -0.3 is 20.2 Å². The molecule has 4 heteroatoms. The van der Waals surface area contributed by atoms with Crippen molar-refractivity contribution in [3.63, 3.8) is 0 Å². The number of rotatable bonds is 3. The number of nitrogen functional groups attached to an aromatic ring is 1. The molecule has 1 heterocycles. The molecule has 0 bridgehead atoms. The highest BCUT2D eigenvalue weighted by Gasteiger charge is 2.22. The minimum Gasteiger partial charge on any atom is -0.489 e. The van der Waals surface area contributed by atoms with Crippen LogP contribution in [0.4, 0.5) is 11.4 Å². The van der Waals surface area contributed by atoms with Crippen molar-refractivity contribution >= 4 is 17.7 Å². The highest BCUT2D eigenvalue weighted by atomic mass is 16.5. The minimum atomic E-state index is -0.0585. The number of benzene rings is 1. The second-order valence-electron chi connectivity index (χ2n) is 5.39. The first-order valence-electron chi connectivity index (χ1n) is 6.80. The van der Waals surface area contributed by atoms with E-state index in [9.17, 15) is 4.79 Å². The molecule has 1 aromatic carbocycles. The van der Waals surface area contributed by atoms with E-state index < -0.39 is 0 Å². The Bertz CT molecular complexity index is 471. The number of anilines is 2. The summed E-state index contributed by atoms with van der Waals surface area (Å²) in [6.07, 6.45) is 3.95. The number of fused-ring (bicyclic) bond motifs is 1. The molecule has 2 rings (SSSR count). The van der Waals surface area contributed by atoms with Crippen molar-refractivity contribution in [1.82, 2.24) is 0 Å². The number of ether oxygens (including phenoxy) is 1. The van der Waals surface area contributed by atoms with Crippen LogP contribution in [0.5, 0.6) is 5.75 Å². The van der Waals surface area contributed by atoms with Crippen molar-refractivity contribution in [2.75, 3.05) is 17.7 Å². The average Bonchev–Trinajstić information content (AvgIpc) is 2.49. The molecule has 104 valence electrons. The Balaban J connectivity index is 2.42. The molecular weight excluding hydrogens is 240 g/mol. The number of likely N-dealkylation sites (N-methyl/N-ethyl adjacent to an activating group) is 1. The fraction of sp³-hybridized carbons (Fsp3) is 0.533. The summed E-state index contributed by atoms with van der Waals surface area (Å²) in [5.41, 5.74) is 8.97. The van der Waals surface area contributed by atoms with Crippen molar-refractivity contribution in [2.24, 2.45) is 0 Å². The van der Waals surface area contributed by atoms with Gasteiger partial charge in [0, 0.05) is 18.8 Å². The van der Waals surface area contributed by atoms with Gasteiger partial charge in [-0.3, -0.25) is 0 Å². The predicted molar refractivity (Wildman–Crippen MR) is 77.8 cm³/mol. The first-order valence-corrected chi connectivity index (χ1v) is 6.80. The van der Waals surface area contributed by atoms with Gasteiger partial charge in [0.2, 0.25) is 0 Å². The molecule has 0 aliphatic carbocycles.